The maximum Gasteiger partial charge on any atom is 0.414 e. The van der Waals surface area contributed by atoms with Gasteiger partial charge in [-0.15, -0.1) is 0 Å². The lowest BCUT2D eigenvalue weighted by molar-refractivity contribution is -0.120. The zero-order valence-corrected chi connectivity index (χ0v) is 23.2. The summed E-state index contributed by atoms with van der Waals surface area (Å²) < 4.78 is 10.7. The van der Waals surface area contributed by atoms with Crippen LogP contribution < -0.4 is 26.6 Å². The number of para-hydroxylation sites is 2. The van der Waals surface area contributed by atoms with Crippen LogP contribution in [0.1, 0.15) is 44.7 Å². The Morgan fingerprint density at radius 3 is 2.26 bits per heavy atom. The van der Waals surface area contributed by atoms with E-state index in [4.69, 9.17) is 15.2 Å². The topological polar surface area (TPSA) is 152 Å². The van der Waals surface area contributed by atoms with Gasteiger partial charge >= 0.3 is 18.2 Å². The van der Waals surface area contributed by atoms with Crippen molar-refractivity contribution < 1.29 is 28.7 Å². The average Bonchev–Trinajstić information content (AvgIpc) is 2.88. The fraction of sp³-hybridized carbons (Fsp3) is 0.429. The van der Waals surface area contributed by atoms with Crippen molar-refractivity contribution in [1.29, 1.82) is 0 Å². The van der Waals surface area contributed by atoms with E-state index < -0.39 is 29.9 Å². The Bertz CT molecular complexity index is 1130. The van der Waals surface area contributed by atoms with E-state index in [1.165, 1.54) is 4.90 Å². The maximum absolute atomic E-state index is 13.0. The molecule has 0 aliphatic carbocycles. The summed E-state index contributed by atoms with van der Waals surface area (Å²) >= 11 is 0. The van der Waals surface area contributed by atoms with E-state index in [0.29, 0.717) is 18.5 Å². The van der Waals surface area contributed by atoms with Crippen molar-refractivity contribution in [2.75, 3.05) is 30.9 Å². The highest BCUT2D eigenvalue weighted by Crippen LogP contribution is 2.24. The quantitative estimate of drug-likeness (QED) is 0.297. The first-order valence-electron chi connectivity index (χ1n) is 12.7. The van der Waals surface area contributed by atoms with E-state index in [9.17, 15) is 19.2 Å². The number of benzene rings is 2. The first kappa shape index (κ1) is 30.9. The molecule has 5 N–H and O–H groups in total. The number of urea groups is 1. The molecule has 2 aromatic carbocycles. The first-order chi connectivity index (χ1) is 18.4. The molecule has 4 amide bonds. The number of carbonyl (C=O) groups is 4. The van der Waals surface area contributed by atoms with Crippen molar-refractivity contribution in [3.05, 3.63) is 59.7 Å². The fourth-order valence-electron chi connectivity index (χ4n) is 3.68. The van der Waals surface area contributed by atoms with Crippen molar-refractivity contribution in [3.63, 3.8) is 0 Å². The molecule has 0 heterocycles. The highest BCUT2D eigenvalue weighted by Gasteiger charge is 2.24. The predicted molar refractivity (Wildman–Crippen MR) is 150 cm³/mol. The molecular weight excluding hydrogens is 502 g/mol. The number of rotatable bonds is 12. The third-order valence-corrected chi connectivity index (χ3v) is 5.62. The summed E-state index contributed by atoms with van der Waals surface area (Å²) in [4.78, 5) is 50.2. The van der Waals surface area contributed by atoms with Crippen LogP contribution in [0, 0.1) is 0 Å². The molecule has 0 unspecified atom stereocenters. The van der Waals surface area contributed by atoms with Gasteiger partial charge in [0, 0.05) is 27.1 Å². The second-order valence-corrected chi connectivity index (χ2v) is 9.97. The lowest BCUT2D eigenvalue weighted by atomic mass is 9.99. The number of ketones is 1. The van der Waals surface area contributed by atoms with Crippen molar-refractivity contribution in [2.45, 2.75) is 58.3 Å². The standard InChI is InChI=1S/C28H39N5O6/c1-28(2,3)39-26(36)32-22(10-8-16-31-25(29)35)24(34)17-19-12-14-20(15-13-19)18-38-27(37)33(5)23-11-7-6-9-21(23)30-4/h6-7,9,11-15,22,30H,8,10,16-18H2,1-5H3,(H,32,36)(H3,29,31,35)/t22-/m0/s1. The second-order valence-electron chi connectivity index (χ2n) is 9.97. The molecule has 0 saturated heterocycles. The van der Waals surface area contributed by atoms with Crippen LogP contribution in [-0.2, 0) is 27.3 Å². The van der Waals surface area contributed by atoms with Gasteiger partial charge < -0.3 is 31.2 Å². The lowest BCUT2D eigenvalue weighted by Crippen LogP contribution is -2.44. The number of hydrogen-bond donors (Lipinski definition) is 4. The Morgan fingerprint density at radius 2 is 1.64 bits per heavy atom. The monoisotopic (exact) mass is 541 g/mol. The third kappa shape index (κ3) is 10.9. The van der Waals surface area contributed by atoms with Gasteiger partial charge in [-0.2, -0.15) is 0 Å². The molecular formula is C28H39N5O6. The van der Waals surface area contributed by atoms with Crippen LogP contribution in [-0.4, -0.2) is 56.3 Å². The Labute approximate surface area is 229 Å². The van der Waals surface area contributed by atoms with Gasteiger partial charge in [0.2, 0.25) is 0 Å². The van der Waals surface area contributed by atoms with Crippen molar-refractivity contribution >= 4 is 35.4 Å². The Hall–Kier alpha value is -4.28. The van der Waals surface area contributed by atoms with Crippen LogP contribution in [0.5, 0.6) is 0 Å². The molecule has 0 spiro atoms. The number of hydrogen-bond acceptors (Lipinski definition) is 7. The Kier molecular flexibility index (Phi) is 11.6. The zero-order valence-electron chi connectivity index (χ0n) is 23.2. The highest BCUT2D eigenvalue weighted by atomic mass is 16.6. The average molecular weight is 542 g/mol. The van der Waals surface area contributed by atoms with Crippen molar-refractivity contribution in [2.24, 2.45) is 5.73 Å². The summed E-state index contributed by atoms with van der Waals surface area (Å²) in [7, 11) is 3.42. The van der Waals surface area contributed by atoms with Gasteiger partial charge in [-0.25, -0.2) is 14.4 Å². The molecule has 0 radical (unpaired) electrons. The molecule has 0 fully saturated rings. The number of Topliss-reactive ketones (excluding diaryl/α,β-unsaturated/α-hetero) is 1. The van der Waals surface area contributed by atoms with Crippen LogP contribution >= 0.6 is 0 Å². The van der Waals surface area contributed by atoms with E-state index >= 15 is 0 Å². The smallest absolute Gasteiger partial charge is 0.414 e. The van der Waals surface area contributed by atoms with Crippen molar-refractivity contribution in [1.82, 2.24) is 10.6 Å². The highest BCUT2D eigenvalue weighted by molar-refractivity contribution is 5.91. The summed E-state index contributed by atoms with van der Waals surface area (Å²) in [6, 6.07) is 13.1. The zero-order chi connectivity index (χ0) is 29.0. The molecule has 11 nitrogen and oxygen atoms in total. The van der Waals surface area contributed by atoms with Gasteiger partial charge in [-0.05, 0) is 56.9 Å². The fourth-order valence-corrected chi connectivity index (χ4v) is 3.68. The molecule has 0 saturated carbocycles. The predicted octanol–water partition coefficient (Wildman–Crippen LogP) is 3.95. The molecule has 2 aromatic rings. The summed E-state index contributed by atoms with van der Waals surface area (Å²) in [6.45, 7) is 5.54. The molecule has 0 aromatic heterocycles. The Morgan fingerprint density at radius 1 is 1.00 bits per heavy atom. The molecule has 11 heteroatoms. The SMILES string of the molecule is CNc1ccccc1N(C)C(=O)OCc1ccc(CC(=O)[C@H](CCCNC(N)=O)NC(=O)OC(C)(C)C)cc1. The second kappa shape index (κ2) is 14.6. The summed E-state index contributed by atoms with van der Waals surface area (Å²) in [6.07, 6.45) is -0.377. The number of nitrogens with one attached hydrogen (secondary N) is 3. The number of nitrogens with two attached hydrogens (primary N) is 1. The van der Waals surface area contributed by atoms with Gasteiger partial charge in [-0.3, -0.25) is 9.69 Å². The molecule has 212 valence electrons. The number of ether oxygens (including phenoxy) is 2. The normalized spacial score (nSPS) is 11.6. The molecule has 0 bridgehead atoms. The van der Waals surface area contributed by atoms with Crippen LogP contribution in [0.4, 0.5) is 25.8 Å². The number of alkyl carbamates (subject to hydrolysis) is 1. The molecule has 2 rings (SSSR count). The Balaban J connectivity index is 1.96. The van der Waals surface area contributed by atoms with Gasteiger partial charge in [0.1, 0.15) is 12.2 Å². The summed E-state index contributed by atoms with van der Waals surface area (Å²) in [5.74, 6) is -0.205. The molecule has 0 aliphatic heterocycles. The number of anilines is 2. The number of primary amides is 1. The van der Waals surface area contributed by atoms with Crippen LogP contribution in [0.25, 0.3) is 0 Å². The largest absolute Gasteiger partial charge is 0.444 e. The third-order valence-electron chi connectivity index (χ3n) is 5.62. The van der Waals surface area contributed by atoms with Gasteiger partial charge in [0.25, 0.3) is 0 Å². The van der Waals surface area contributed by atoms with Gasteiger partial charge in [0.15, 0.2) is 5.78 Å². The van der Waals surface area contributed by atoms with E-state index in [2.05, 4.69) is 16.0 Å². The minimum Gasteiger partial charge on any atom is -0.444 e. The first-order valence-corrected chi connectivity index (χ1v) is 12.7. The molecule has 1 atom stereocenters. The minimum absolute atomic E-state index is 0.0643. The number of amides is 4. The van der Waals surface area contributed by atoms with Gasteiger partial charge in [-0.1, -0.05) is 36.4 Å². The minimum atomic E-state index is -0.800. The van der Waals surface area contributed by atoms with E-state index in [1.54, 1.807) is 59.1 Å². The summed E-state index contributed by atoms with van der Waals surface area (Å²) in [5.41, 5.74) is 7.36. The van der Waals surface area contributed by atoms with Crippen LogP contribution in [0.2, 0.25) is 0 Å². The van der Waals surface area contributed by atoms with Crippen LogP contribution in [0.3, 0.4) is 0 Å². The van der Waals surface area contributed by atoms with E-state index in [-0.39, 0.29) is 25.4 Å². The number of carbonyl (C=O) groups excluding carboxylic acids is 4. The van der Waals surface area contributed by atoms with Crippen molar-refractivity contribution in [3.8, 4) is 0 Å². The summed E-state index contributed by atoms with van der Waals surface area (Å²) in [5, 5.41) is 8.15. The van der Waals surface area contributed by atoms with E-state index in [0.717, 1.165) is 16.8 Å². The lowest BCUT2D eigenvalue weighted by Gasteiger charge is -2.23. The molecule has 0 aliphatic rings. The number of nitrogens with zero attached hydrogens (tertiary/aromatic N) is 1. The van der Waals surface area contributed by atoms with E-state index in [1.807, 2.05) is 24.3 Å². The van der Waals surface area contributed by atoms with Crippen LogP contribution in [0.15, 0.2) is 48.5 Å². The molecule has 39 heavy (non-hydrogen) atoms. The van der Waals surface area contributed by atoms with Gasteiger partial charge in [0.05, 0.1) is 17.4 Å². The maximum atomic E-state index is 13.0.